The molecule has 0 radical (unpaired) electrons. The van der Waals surface area contributed by atoms with Crippen LogP contribution in [0.4, 0.5) is 16.6 Å². The Morgan fingerprint density at radius 3 is 2.61 bits per heavy atom. The summed E-state index contributed by atoms with van der Waals surface area (Å²) in [5.41, 5.74) is 2.59. The molecule has 0 spiro atoms. The molecule has 2 aromatic heterocycles. The molecular weight excluding hydrogens is 474 g/mol. The Kier molecular flexibility index (Phi) is 9.38. The minimum atomic E-state index is -0.581. The van der Waals surface area contributed by atoms with E-state index in [0.717, 1.165) is 30.0 Å². The number of hydrogen-bond donors (Lipinski definition) is 4. The molecule has 4 aromatic rings. The summed E-state index contributed by atoms with van der Waals surface area (Å²) >= 11 is 1.44. The third-order valence-electron chi connectivity index (χ3n) is 5.19. The standard InChI is InChI=1S/C27H29N5O3S/c33-23(18-35-24-6-2-1-3-7-24)17-28-15-13-20-9-11-21(12-10-20)30-26(34)16-22-19-36-27(31-22)32-25-8-4-5-14-29-25/h1-12,14,19,23,28,33H,13,15-18H2,(H,30,34)(H,29,31,32)/t23-/m0/s1. The lowest BCUT2D eigenvalue weighted by molar-refractivity contribution is -0.115. The molecular formula is C27H29N5O3S. The van der Waals surface area contributed by atoms with Gasteiger partial charge in [-0.25, -0.2) is 9.97 Å². The van der Waals surface area contributed by atoms with Crippen molar-refractivity contribution in [3.8, 4) is 5.75 Å². The first kappa shape index (κ1) is 25.3. The Morgan fingerprint density at radius 2 is 1.83 bits per heavy atom. The van der Waals surface area contributed by atoms with Crippen LogP contribution in [-0.4, -0.2) is 46.8 Å². The van der Waals surface area contributed by atoms with Crippen LogP contribution in [0.25, 0.3) is 0 Å². The van der Waals surface area contributed by atoms with E-state index in [1.807, 2.05) is 78.2 Å². The number of carbonyl (C=O) groups is 1. The number of nitrogens with zero attached hydrogens (tertiary/aromatic N) is 2. The molecule has 186 valence electrons. The molecule has 4 N–H and O–H groups in total. The van der Waals surface area contributed by atoms with Crippen LogP contribution in [0, 0.1) is 0 Å². The van der Waals surface area contributed by atoms with Gasteiger partial charge in [0.2, 0.25) is 5.91 Å². The molecule has 4 rings (SSSR count). The Morgan fingerprint density at radius 1 is 1.03 bits per heavy atom. The van der Waals surface area contributed by atoms with Crippen molar-refractivity contribution in [1.82, 2.24) is 15.3 Å². The fraction of sp³-hybridized carbons (Fsp3) is 0.222. The molecule has 0 unspecified atom stereocenters. The van der Waals surface area contributed by atoms with E-state index in [0.29, 0.717) is 23.2 Å². The van der Waals surface area contributed by atoms with E-state index in [1.54, 1.807) is 6.20 Å². The number of benzene rings is 2. The lowest BCUT2D eigenvalue weighted by atomic mass is 10.1. The zero-order valence-corrected chi connectivity index (χ0v) is 20.6. The average Bonchev–Trinajstić information content (AvgIpc) is 3.33. The largest absolute Gasteiger partial charge is 0.491 e. The number of pyridine rings is 1. The maximum Gasteiger partial charge on any atom is 0.230 e. The van der Waals surface area contributed by atoms with Gasteiger partial charge in [-0.1, -0.05) is 36.4 Å². The Bertz CT molecular complexity index is 1200. The van der Waals surface area contributed by atoms with E-state index in [2.05, 4.69) is 25.9 Å². The highest BCUT2D eigenvalue weighted by molar-refractivity contribution is 7.13. The number of ether oxygens (including phenoxy) is 1. The number of aromatic nitrogens is 2. The van der Waals surface area contributed by atoms with Crippen LogP contribution >= 0.6 is 11.3 Å². The number of rotatable bonds is 13. The van der Waals surface area contributed by atoms with E-state index in [-0.39, 0.29) is 18.9 Å². The van der Waals surface area contributed by atoms with Crippen molar-refractivity contribution in [2.75, 3.05) is 30.3 Å². The van der Waals surface area contributed by atoms with Gasteiger partial charge in [0.05, 0.1) is 12.1 Å². The zero-order valence-electron chi connectivity index (χ0n) is 19.8. The van der Waals surface area contributed by atoms with Crippen molar-refractivity contribution in [3.63, 3.8) is 0 Å². The van der Waals surface area contributed by atoms with E-state index >= 15 is 0 Å². The molecule has 2 heterocycles. The number of aliphatic hydroxyl groups is 1. The lowest BCUT2D eigenvalue weighted by Gasteiger charge is -2.13. The predicted octanol–water partition coefficient (Wildman–Crippen LogP) is 4.03. The molecule has 0 saturated heterocycles. The number of nitrogens with one attached hydrogen (secondary N) is 3. The smallest absolute Gasteiger partial charge is 0.230 e. The molecule has 0 aliphatic rings. The van der Waals surface area contributed by atoms with Gasteiger partial charge >= 0.3 is 0 Å². The number of hydrogen-bond acceptors (Lipinski definition) is 8. The topological polar surface area (TPSA) is 108 Å². The third kappa shape index (κ3) is 8.46. The normalized spacial score (nSPS) is 11.6. The van der Waals surface area contributed by atoms with E-state index < -0.39 is 6.10 Å². The highest BCUT2D eigenvalue weighted by Gasteiger charge is 2.09. The summed E-state index contributed by atoms with van der Waals surface area (Å²) in [5.74, 6) is 1.34. The van der Waals surface area contributed by atoms with Gasteiger partial charge in [-0.2, -0.15) is 0 Å². The molecule has 0 aliphatic heterocycles. The molecule has 0 bridgehead atoms. The number of aliphatic hydroxyl groups excluding tert-OH is 1. The number of amides is 1. The SMILES string of the molecule is O=C(Cc1csc(Nc2ccccn2)n1)Nc1ccc(CCNC[C@H](O)COc2ccccc2)cc1. The van der Waals surface area contributed by atoms with Gasteiger partial charge in [-0.15, -0.1) is 11.3 Å². The van der Waals surface area contributed by atoms with Crippen LogP contribution in [0.5, 0.6) is 5.75 Å². The number of para-hydroxylation sites is 1. The van der Waals surface area contributed by atoms with Crippen LogP contribution < -0.4 is 20.7 Å². The fourth-order valence-corrected chi connectivity index (χ4v) is 4.10. The van der Waals surface area contributed by atoms with Crippen molar-refractivity contribution >= 4 is 33.9 Å². The maximum absolute atomic E-state index is 12.4. The first-order chi connectivity index (χ1) is 17.6. The molecule has 0 fully saturated rings. The van der Waals surface area contributed by atoms with Gasteiger partial charge in [-0.3, -0.25) is 4.79 Å². The minimum absolute atomic E-state index is 0.120. The predicted molar refractivity (Wildman–Crippen MR) is 143 cm³/mol. The Hall–Kier alpha value is -3.79. The molecule has 0 saturated carbocycles. The number of anilines is 3. The van der Waals surface area contributed by atoms with Crippen molar-refractivity contribution in [1.29, 1.82) is 0 Å². The number of thiazole rings is 1. The lowest BCUT2D eigenvalue weighted by Crippen LogP contribution is -2.32. The van der Waals surface area contributed by atoms with Gasteiger partial charge in [0.1, 0.15) is 24.3 Å². The first-order valence-electron chi connectivity index (χ1n) is 11.7. The molecule has 0 aliphatic carbocycles. The first-order valence-corrected chi connectivity index (χ1v) is 12.6. The van der Waals surface area contributed by atoms with Crippen LogP contribution in [0.1, 0.15) is 11.3 Å². The highest BCUT2D eigenvalue weighted by Crippen LogP contribution is 2.20. The monoisotopic (exact) mass is 503 g/mol. The van der Waals surface area contributed by atoms with Gasteiger partial charge in [0, 0.05) is 23.8 Å². The summed E-state index contributed by atoms with van der Waals surface area (Å²) in [6.07, 6.45) is 2.14. The van der Waals surface area contributed by atoms with E-state index in [9.17, 15) is 9.90 Å². The van der Waals surface area contributed by atoms with Crippen molar-refractivity contribution < 1.29 is 14.6 Å². The van der Waals surface area contributed by atoms with E-state index in [1.165, 1.54) is 11.3 Å². The fourth-order valence-electron chi connectivity index (χ4n) is 3.39. The van der Waals surface area contributed by atoms with Gasteiger partial charge in [0.25, 0.3) is 0 Å². The summed E-state index contributed by atoms with van der Waals surface area (Å²) in [7, 11) is 0. The molecule has 1 atom stereocenters. The van der Waals surface area contributed by atoms with Crippen molar-refractivity contribution in [3.05, 3.63) is 95.6 Å². The average molecular weight is 504 g/mol. The Balaban J connectivity index is 1.13. The van der Waals surface area contributed by atoms with Crippen LogP contribution in [0.3, 0.4) is 0 Å². The van der Waals surface area contributed by atoms with E-state index in [4.69, 9.17) is 4.74 Å². The van der Waals surface area contributed by atoms with Gasteiger partial charge in [0.15, 0.2) is 5.13 Å². The van der Waals surface area contributed by atoms with Crippen molar-refractivity contribution in [2.24, 2.45) is 0 Å². The third-order valence-corrected chi connectivity index (χ3v) is 5.99. The zero-order chi connectivity index (χ0) is 25.0. The second kappa shape index (κ2) is 13.3. The second-order valence-electron chi connectivity index (χ2n) is 8.14. The molecule has 9 heteroatoms. The van der Waals surface area contributed by atoms with Gasteiger partial charge < -0.3 is 25.8 Å². The summed E-state index contributed by atoms with van der Waals surface area (Å²) in [5, 5.41) is 21.9. The quantitative estimate of drug-likeness (QED) is 0.204. The highest BCUT2D eigenvalue weighted by atomic mass is 32.1. The Labute approximate surface area is 214 Å². The van der Waals surface area contributed by atoms with Gasteiger partial charge in [-0.05, 0) is 54.9 Å². The number of carbonyl (C=O) groups excluding carboxylic acids is 1. The van der Waals surface area contributed by atoms with Crippen LogP contribution in [0.15, 0.2) is 84.4 Å². The summed E-state index contributed by atoms with van der Waals surface area (Å²) in [6.45, 7) is 1.43. The second-order valence-corrected chi connectivity index (χ2v) is 9.00. The molecule has 8 nitrogen and oxygen atoms in total. The summed E-state index contributed by atoms with van der Waals surface area (Å²) in [6, 6.07) is 22.8. The maximum atomic E-state index is 12.4. The minimum Gasteiger partial charge on any atom is -0.491 e. The molecule has 1 amide bonds. The summed E-state index contributed by atoms with van der Waals surface area (Å²) < 4.78 is 5.56. The van der Waals surface area contributed by atoms with Crippen LogP contribution in [0.2, 0.25) is 0 Å². The summed E-state index contributed by atoms with van der Waals surface area (Å²) in [4.78, 5) is 21.1. The van der Waals surface area contributed by atoms with Crippen molar-refractivity contribution in [2.45, 2.75) is 18.9 Å². The molecule has 36 heavy (non-hydrogen) atoms. The molecule has 2 aromatic carbocycles. The van der Waals surface area contributed by atoms with Crippen LogP contribution in [-0.2, 0) is 17.6 Å².